The second-order valence-corrected chi connectivity index (χ2v) is 18.7. The van der Waals surface area contributed by atoms with Gasteiger partial charge in [-0.25, -0.2) is 0 Å². The lowest BCUT2D eigenvalue weighted by Gasteiger charge is -2.29. The molecule has 0 N–H and O–H groups in total. The molecule has 64 heavy (non-hydrogen) atoms. The van der Waals surface area contributed by atoms with Gasteiger partial charge in [-0.15, -0.1) is 11.3 Å². The maximum atomic E-state index is 2.48. The van der Waals surface area contributed by atoms with Crippen LogP contribution in [-0.2, 0) is 5.41 Å². The first-order chi connectivity index (χ1) is 31.5. The number of para-hydroxylation sites is 2. The molecule has 0 saturated carbocycles. The Kier molecular flexibility index (Phi) is 8.16. The van der Waals surface area contributed by atoms with E-state index in [2.05, 4.69) is 242 Å². The first-order valence-electron chi connectivity index (χ1n) is 22.2. The van der Waals surface area contributed by atoms with Crippen molar-refractivity contribution in [3.05, 3.63) is 230 Å². The van der Waals surface area contributed by atoms with Gasteiger partial charge < -0.3 is 9.47 Å². The maximum Gasteiger partial charge on any atom is 0.0541 e. The first kappa shape index (κ1) is 36.9. The number of rotatable bonds is 6. The summed E-state index contributed by atoms with van der Waals surface area (Å²) in [5.74, 6) is 0. The minimum absolute atomic E-state index is 0.130. The molecule has 0 radical (unpaired) electrons. The number of fused-ring (bicyclic) bond motifs is 10. The van der Waals surface area contributed by atoms with Crippen LogP contribution in [0.1, 0.15) is 25.0 Å². The van der Waals surface area contributed by atoms with Gasteiger partial charge in [0.25, 0.3) is 0 Å². The highest BCUT2D eigenvalue weighted by atomic mass is 32.1. The van der Waals surface area contributed by atoms with Gasteiger partial charge in [0.1, 0.15) is 0 Å². The van der Waals surface area contributed by atoms with E-state index in [1.807, 2.05) is 11.3 Å². The molecule has 2 heterocycles. The Balaban J connectivity index is 0.975. The van der Waals surface area contributed by atoms with Crippen molar-refractivity contribution in [3.63, 3.8) is 0 Å². The van der Waals surface area contributed by atoms with Gasteiger partial charge >= 0.3 is 0 Å². The molecule has 1 aliphatic rings. The zero-order valence-corrected chi connectivity index (χ0v) is 36.4. The van der Waals surface area contributed by atoms with Crippen LogP contribution in [0.15, 0.2) is 218 Å². The van der Waals surface area contributed by atoms with Gasteiger partial charge in [0, 0.05) is 64.4 Å². The highest BCUT2D eigenvalue weighted by Crippen LogP contribution is 2.52. The number of hydrogen-bond donors (Lipinski definition) is 0. The lowest BCUT2D eigenvalue weighted by molar-refractivity contribution is 0.660. The fraction of sp³-hybridized carbons (Fsp3) is 0.0492. The molecule has 12 aromatic rings. The Morgan fingerprint density at radius 1 is 0.391 bits per heavy atom. The van der Waals surface area contributed by atoms with Gasteiger partial charge in [0.05, 0.1) is 16.7 Å². The summed E-state index contributed by atoms with van der Waals surface area (Å²) in [5.41, 5.74) is 17.2. The van der Waals surface area contributed by atoms with Gasteiger partial charge in [-0.05, 0) is 111 Å². The lowest BCUT2D eigenvalue weighted by Crippen LogP contribution is -2.16. The van der Waals surface area contributed by atoms with E-state index in [0.717, 1.165) is 17.1 Å². The molecule has 0 saturated heterocycles. The highest BCUT2D eigenvalue weighted by molar-refractivity contribution is 7.26. The van der Waals surface area contributed by atoms with Crippen molar-refractivity contribution in [2.75, 3.05) is 4.90 Å². The van der Waals surface area contributed by atoms with E-state index in [1.54, 1.807) is 0 Å². The molecule has 3 heteroatoms. The SMILES string of the molecule is CC1(C)c2ccccc2-c2ccc(N(c3ccc(-c4ccc5c(c4)c4ccccc4n5-c4ccccc4)cc3)c3ccc(-c4cccc5c4sc4ccccc45)c4ccccc34)cc21. The Morgan fingerprint density at radius 2 is 1.02 bits per heavy atom. The van der Waals surface area contributed by atoms with Crippen LogP contribution in [-0.4, -0.2) is 4.57 Å². The monoisotopic (exact) mass is 834 g/mol. The Morgan fingerprint density at radius 3 is 1.88 bits per heavy atom. The fourth-order valence-corrected chi connectivity index (χ4v) is 12.0. The van der Waals surface area contributed by atoms with E-state index in [1.165, 1.54) is 103 Å². The maximum absolute atomic E-state index is 2.48. The molecule has 0 spiro atoms. The van der Waals surface area contributed by atoms with Crippen molar-refractivity contribution in [1.82, 2.24) is 4.57 Å². The topological polar surface area (TPSA) is 8.17 Å². The molecule has 0 amide bonds. The Bertz CT molecular complexity index is 3810. The molecule has 1 aliphatic carbocycles. The smallest absolute Gasteiger partial charge is 0.0541 e. The van der Waals surface area contributed by atoms with Crippen LogP contribution < -0.4 is 4.90 Å². The van der Waals surface area contributed by atoms with Crippen molar-refractivity contribution >= 4 is 81.1 Å². The standard InChI is InChI=1S/C61H42N2S/c1-61(2)54-24-11-8-18-46(54)47-33-32-43(38-55(47)61)62(57-36-34-45(44-17-6-7-19-48(44)57)51-22-14-23-52-50-21-10-13-26-59(50)64-60(51)52)42-30-27-39(28-31-42)40-29-35-58-53(37-40)49-20-9-12-25-56(49)63(58)41-15-4-3-5-16-41/h3-38H,1-2H3. The van der Waals surface area contributed by atoms with Gasteiger partial charge in [0.15, 0.2) is 0 Å². The summed E-state index contributed by atoms with van der Waals surface area (Å²) in [7, 11) is 0. The van der Waals surface area contributed by atoms with Crippen LogP contribution in [0.2, 0.25) is 0 Å². The summed E-state index contributed by atoms with van der Waals surface area (Å²) >= 11 is 1.89. The van der Waals surface area contributed by atoms with Crippen molar-refractivity contribution in [3.8, 4) is 39.1 Å². The third-order valence-electron chi connectivity index (χ3n) is 13.8. The van der Waals surface area contributed by atoms with Crippen LogP contribution in [0.4, 0.5) is 17.1 Å². The van der Waals surface area contributed by atoms with E-state index < -0.39 is 0 Å². The van der Waals surface area contributed by atoms with Crippen LogP contribution in [0.3, 0.4) is 0 Å². The molecular formula is C61H42N2S. The van der Waals surface area contributed by atoms with Gasteiger partial charge in [-0.2, -0.15) is 0 Å². The van der Waals surface area contributed by atoms with Crippen LogP contribution in [0.25, 0.3) is 91.8 Å². The van der Waals surface area contributed by atoms with Crippen LogP contribution >= 0.6 is 11.3 Å². The Labute approximate surface area is 376 Å². The van der Waals surface area contributed by atoms with E-state index in [4.69, 9.17) is 0 Å². The summed E-state index contributed by atoms with van der Waals surface area (Å²) in [5, 5.41) is 7.60. The van der Waals surface area contributed by atoms with E-state index in [-0.39, 0.29) is 5.41 Å². The second kappa shape index (κ2) is 14.2. The van der Waals surface area contributed by atoms with Crippen molar-refractivity contribution < 1.29 is 0 Å². The van der Waals surface area contributed by atoms with Gasteiger partial charge in [-0.3, -0.25) is 0 Å². The summed E-state index contributed by atoms with van der Waals surface area (Å²) < 4.78 is 5.03. The third kappa shape index (κ3) is 5.51. The highest BCUT2D eigenvalue weighted by Gasteiger charge is 2.36. The molecule has 13 rings (SSSR count). The van der Waals surface area contributed by atoms with Crippen molar-refractivity contribution in [2.45, 2.75) is 19.3 Å². The largest absolute Gasteiger partial charge is 0.310 e. The molecule has 2 nitrogen and oxygen atoms in total. The van der Waals surface area contributed by atoms with Crippen LogP contribution in [0.5, 0.6) is 0 Å². The lowest BCUT2D eigenvalue weighted by atomic mass is 9.82. The zero-order chi connectivity index (χ0) is 42.5. The molecule has 2 aromatic heterocycles. The normalized spacial score (nSPS) is 13.0. The van der Waals surface area contributed by atoms with Crippen molar-refractivity contribution in [2.24, 2.45) is 0 Å². The molecule has 10 aromatic carbocycles. The van der Waals surface area contributed by atoms with E-state index in [9.17, 15) is 0 Å². The predicted molar refractivity (Wildman–Crippen MR) is 274 cm³/mol. The van der Waals surface area contributed by atoms with Crippen molar-refractivity contribution in [1.29, 1.82) is 0 Å². The molecule has 0 fully saturated rings. The molecule has 0 bridgehead atoms. The average molecular weight is 835 g/mol. The number of anilines is 3. The van der Waals surface area contributed by atoms with Gasteiger partial charge in [0.2, 0.25) is 0 Å². The van der Waals surface area contributed by atoms with Crippen LogP contribution in [0, 0.1) is 0 Å². The third-order valence-corrected chi connectivity index (χ3v) is 15.0. The summed E-state index contributed by atoms with van der Waals surface area (Å²) in [6, 6.07) is 80.8. The molecule has 0 unspecified atom stereocenters. The van der Waals surface area contributed by atoms with E-state index >= 15 is 0 Å². The molecule has 302 valence electrons. The number of benzene rings is 10. The zero-order valence-electron chi connectivity index (χ0n) is 35.6. The Hall–Kier alpha value is -7.72. The summed E-state index contributed by atoms with van der Waals surface area (Å²) in [6.07, 6.45) is 0. The number of hydrogen-bond acceptors (Lipinski definition) is 2. The minimum atomic E-state index is -0.130. The molecule has 0 atom stereocenters. The quantitative estimate of drug-likeness (QED) is 0.162. The molecular weight excluding hydrogens is 793 g/mol. The summed E-state index contributed by atoms with van der Waals surface area (Å²) in [6.45, 7) is 4.74. The minimum Gasteiger partial charge on any atom is -0.310 e. The average Bonchev–Trinajstić information content (AvgIpc) is 3.97. The fourth-order valence-electron chi connectivity index (χ4n) is 10.7. The number of aromatic nitrogens is 1. The van der Waals surface area contributed by atoms with Gasteiger partial charge in [-0.1, -0.05) is 166 Å². The number of thiophene rings is 1. The predicted octanol–water partition coefficient (Wildman–Crippen LogP) is 17.4. The molecule has 0 aliphatic heterocycles. The first-order valence-corrected chi connectivity index (χ1v) is 23.0. The second-order valence-electron chi connectivity index (χ2n) is 17.7. The number of nitrogens with zero attached hydrogens (tertiary/aromatic N) is 2. The van der Waals surface area contributed by atoms with E-state index in [0.29, 0.717) is 0 Å². The summed E-state index contributed by atoms with van der Waals surface area (Å²) in [4.78, 5) is 2.48.